The second-order valence-corrected chi connectivity index (χ2v) is 7.28. The van der Waals surface area contributed by atoms with E-state index in [-0.39, 0.29) is 18.5 Å². The minimum atomic E-state index is -0.944. The Morgan fingerprint density at radius 3 is 2.80 bits per heavy atom. The molecule has 0 aliphatic rings. The maximum Gasteiger partial charge on any atom is 0.305 e. The van der Waals surface area contributed by atoms with Gasteiger partial charge in [0.2, 0.25) is 0 Å². The molecule has 0 spiro atoms. The summed E-state index contributed by atoms with van der Waals surface area (Å²) in [6.07, 6.45) is 2.10. The van der Waals surface area contributed by atoms with Crippen molar-refractivity contribution in [2.75, 3.05) is 0 Å². The first-order chi connectivity index (χ1) is 11.9. The van der Waals surface area contributed by atoms with E-state index in [1.165, 1.54) is 22.2 Å². The topological polar surface area (TPSA) is 72.2 Å². The third-order valence-corrected chi connectivity index (χ3v) is 5.75. The molecule has 0 aliphatic carbocycles. The molecule has 0 saturated carbocycles. The third-order valence-electron chi connectivity index (χ3n) is 4.09. The van der Waals surface area contributed by atoms with Crippen molar-refractivity contribution in [2.24, 2.45) is 0 Å². The van der Waals surface area contributed by atoms with Gasteiger partial charge in [0.25, 0.3) is 5.56 Å². The molecule has 3 aromatic rings. The number of hydrogen-bond donors (Lipinski definition) is 1. The number of fused-ring (bicyclic) bond motifs is 1. The van der Waals surface area contributed by atoms with E-state index in [0.29, 0.717) is 15.2 Å². The van der Waals surface area contributed by atoms with E-state index in [1.54, 1.807) is 0 Å². The minimum absolute atomic E-state index is 0.105. The Labute approximate surface area is 153 Å². The average molecular weight is 377 g/mol. The molecule has 0 saturated heterocycles. The molecule has 0 aliphatic heterocycles. The third kappa shape index (κ3) is 3.32. The smallest absolute Gasteiger partial charge is 0.305 e. The van der Waals surface area contributed by atoms with Crippen molar-refractivity contribution in [3.8, 4) is 11.1 Å². The monoisotopic (exact) mass is 376 g/mol. The Morgan fingerprint density at radius 1 is 1.40 bits per heavy atom. The highest BCUT2D eigenvalue weighted by molar-refractivity contribution is 7.19. The molecule has 130 valence electrons. The molecule has 0 bridgehead atoms. The lowest BCUT2D eigenvalue weighted by Gasteiger charge is -2.07. The van der Waals surface area contributed by atoms with Crippen LogP contribution in [0.5, 0.6) is 0 Å². The van der Waals surface area contributed by atoms with Crippen LogP contribution in [0.2, 0.25) is 5.02 Å². The lowest BCUT2D eigenvalue weighted by Crippen LogP contribution is -2.21. The summed E-state index contributed by atoms with van der Waals surface area (Å²) in [5, 5.41) is 10.1. The zero-order chi connectivity index (χ0) is 18.1. The molecule has 2 aromatic heterocycles. The molecule has 7 heteroatoms. The standard InChI is InChI=1S/C18H17ClN2O3S/c1-3-13-15(11-4-5-12(19)10(2)8-11)16-17(25-13)20-9-21(18(16)24)7-6-14(22)23/h4-5,8-9H,3,6-7H2,1-2H3,(H,22,23). The van der Waals surface area contributed by atoms with Gasteiger partial charge in [-0.3, -0.25) is 14.2 Å². The highest BCUT2D eigenvalue weighted by Crippen LogP contribution is 2.37. The Bertz CT molecular complexity index is 1020. The molecule has 1 aromatic carbocycles. The zero-order valence-electron chi connectivity index (χ0n) is 13.9. The zero-order valence-corrected chi connectivity index (χ0v) is 15.4. The van der Waals surface area contributed by atoms with Gasteiger partial charge >= 0.3 is 5.97 Å². The van der Waals surface area contributed by atoms with Crippen LogP contribution in [0.15, 0.2) is 29.3 Å². The van der Waals surface area contributed by atoms with Crippen LogP contribution in [0.1, 0.15) is 23.8 Å². The molecular formula is C18H17ClN2O3S. The van der Waals surface area contributed by atoms with Crippen molar-refractivity contribution in [2.45, 2.75) is 33.2 Å². The lowest BCUT2D eigenvalue weighted by molar-refractivity contribution is -0.137. The molecular weight excluding hydrogens is 360 g/mol. The summed E-state index contributed by atoms with van der Waals surface area (Å²) in [6, 6.07) is 5.70. The van der Waals surface area contributed by atoms with Crippen LogP contribution in [0, 0.1) is 6.92 Å². The number of hydrogen-bond acceptors (Lipinski definition) is 4. The van der Waals surface area contributed by atoms with Crippen molar-refractivity contribution < 1.29 is 9.90 Å². The van der Waals surface area contributed by atoms with E-state index < -0.39 is 5.97 Å². The number of aliphatic carboxylic acids is 1. The molecule has 0 unspecified atom stereocenters. The Balaban J connectivity index is 2.25. The van der Waals surface area contributed by atoms with Gasteiger partial charge in [-0.25, -0.2) is 4.98 Å². The fourth-order valence-electron chi connectivity index (χ4n) is 2.80. The Morgan fingerprint density at radius 2 is 2.16 bits per heavy atom. The lowest BCUT2D eigenvalue weighted by atomic mass is 10.0. The SMILES string of the molecule is CCc1sc2ncn(CCC(=O)O)c(=O)c2c1-c1ccc(Cl)c(C)c1. The van der Waals surface area contributed by atoms with Gasteiger partial charge in [-0.15, -0.1) is 11.3 Å². The van der Waals surface area contributed by atoms with Crippen LogP contribution in [-0.2, 0) is 17.8 Å². The first-order valence-corrected chi connectivity index (χ1v) is 9.11. The largest absolute Gasteiger partial charge is 0.481 e. The molecule has 3 rings (SSSR count). The first kappa shape index (κ1) is 17.6. The molecule has 25 heavy (non-hydrogen) atoms. The van der Waals surface area contributed by atoms with Gasteiger partial charge in [0.15, 0.2) is 0 Å². The summed E-state index contributed by atoms with van der Waals surface area (Å²) < 4.78 is 1.37. The number of rotatable bonds is 5. The second-order valence-electron chi connectivity index (χ2n) is 5.78. The number of nitrogens with zero attached hydrogens (tertiary/aromatic N) is 2. The predicted molar refractivity (Wildman–Crippen MR) is 101 cm³/mol. The number of benzene rings is 1. The molecule has 0 fully saturated rings. The van der Waals surface area contributed by atoms with Gasteiger partial charge < -0.3 is 5.11 Å². The van der Waals surface area contributed by atoms with Gasteiger partial charge in [-0.2, -0.15) is 0 Å². The molecule has 5 nitrogen and oxygen atoms in total. The van der Waals surface area contributed by atoms with Gasteiger partial charge in [0.1, 0.15) is 4.83 Å². The summed E-state index contributed by atoms with van der Waals surface area (Å²) in [4.78, 5) is 29.9. The van der Waals surface area contributed by atoms with Crippen molar-refractivity contribution in [1.29, 1.82) is 0 Å². The minimum Gasteiger partial charge on any atom is -0.481 e. The van der Waals surface area contributed by atoms with Gasteiger partial charge in [0, 0.05) is 22.0 Å². The Kier molecular flexibility index (Phi) is 4.92. The van der Waals surface area contributed by atoms with Crippen molar-refractivity contribution in [3.05, 3.63) is 50.3 Å². The van der Waals surface area contributed by atoms with Crippen LogP contribution in [0.3, 0.4) is 0 Å². The maximum absolute atomic E-state index is 12.9. The second kappa shape index (κ2) is 6.98. The molecule has 1 N–H and O–H groups in total. The fourth-order valence-corrected chi connectivity index (χ4v) is 4.01. The number of carboxylic acid groups (broad SMARTS) is 1. The van der Waals surface area contributed by atoms with Crippen molar-refractivity contribution in [3.63, 3.8) is 0 Å². The normalized spacial score (nSPS) is 11.2. The van der Waals surface area contributed by atoms with Crippen LogP contribution in [-0.4, -0.2) is 20.6 Å². The number of aryl methyl sites for hydroxylation is 3. The van der Waals surface area contributed by atoms with E-state index in [4.69, 9.17) is 16.7 Å². The van der Waals surface area contributed by atoms with E-state index in [1.807, 2.05) is 32.0 Å². The van der Waals surface area contributed by atoms with E-state index in [9.17, 15) is 9.59 Å². The number of halogens is 1. The van der Waals surface area contributed by atoms with Crippen LogP contribution in [0.25, 0.3) is 21.3 Å². The average Bonchev–Trinajstić information content (AvgIpc) is 2.96. The van der Waals surface area contributed by atoms with Crippen LogP contribution < -0.4 is 5.56 Å². The molecule has 0 atom stereocenters. The Hall–Kier alpha value is -2.18. The predicted octanol–water partition coefficient (Wildman–Crippen LogP) is 4.12. The number of carbonyl (C=O) groups is 1. The van der Waals surface area contributed by atoms with Gasteiger partial charge in [-0.05, 0) is 36.6 Å². The highest BCUT2D eigenvalue weighted by Gasteiger charge is 2.19. The van der Waals surface area contributed by atoms with Gasteiger partial charge in [0.05, 0.1) is 18.1 Å². The van der Waals surface area contributed by atoms with E-state index in [2.05, 4.69) is 4.98 Å². The maximum atomic E-state index is 12.9. The van der Waals surface area contributed by atoms with Crippen LogP contribution >= 0.6 is 22.9 Å². The van der Waals surface area contributed by atoms with Crippen LogP contribution in [0.4, 0.5) is 0 Å². The summed E-state index contributed by atoms with van der Waals surface area (Å²) in [7, 11) is 0. The number of aromatic nitrogens is 2. The number of carboxylic acids is 1. The molecule has 0 radical (unpaired) electrons. The van der Waals surface area contributed by atoms with Crippen molar-refractivity contribution >= 4 is 39.1 Å². The van der Waals surface area contributed by atoms with Crippen molar-refractivity contribution in [1.82, 2.24) is 9.55 Å². The number of thiophene rings is 1. The quantitative estimate of drug-likeness (QED) is 0.726. The first-order valence-electron chi connectivity index (χ1n) is 7.91. The fraction of sp³-hybridized carbons (Fsp3) is 0.278. The summed E-state index contributed by atoms with van der Waals surface area (Å²) >= 11 is 7.63. The van der Waals surface area contributed by atoms with E-state index >= 15 is 0 Å². The molecule has 0 amide bonds. The highest BCUT2D eigenvalue weighted by atomic mass is 35.5. The summed E-state index contributed by atoms with van der Waals surface area (Å²) in [5.41, 5.74) is 2.55. The van der Waals surface area contributed by atoms with Gasteiger partial charge in [-0.1, -0.05) is 24.6 Å². The molecule has 2 heterocycles. The van der Waals surface area contributed by atoms with E-state index in [0.717, 1.165) is 28.0 Å². The summed E-state index contributed by atoms with van der Waals surface area (Å²) in [5.74, 6) is -0.944. The summed E-state index contributed by atoms with van der Waals surface area (Å²) in [6.45, 7) is 4.07.